The molecule has 0 aliphatic carbocycles. The summed E-state index contributed by atoms with van der Waals surface area (Å²) in [6.45, 7) is 0.425. The molecule has 0 saturated heterocycles. The number of amidine groups is 1. The van der Waals surface area contributed by atoms with E-state index in [9.17, 15) is 9.59 Å². The molecule has 0 bridgehead atoms. The van der Waals surface area contributed by atoms with Crippen LogP contribution in [0.4, 0.5) is 0 Å². The van der Waals surface area contributed by atoms with Gasteiger partial charge in [-0.2, -0.15) is 0 Å². The predicted octanol–water partition coefficient (Wildman–Crippen LogP) is -3.92. The van der Waals surface area contributed by atoms with Crippen LogP contribution in [-0.4, -0.2) is 160 Å². The maximum absolute atomic E-state index is 10.4. The molecule has 6 N–H and O–H groups in total. The number of hydrogen-bond acceptors (Lipinski definition) is 4. The van der Waals surface area contributed by atoms with Crippen LogP contribution in [-0.2, 0) is 9.59 Å². The van der Waals surface area contributed by atoms with E-state index in [1.165, 1.54) is 4.90 Å². The molecule has 4 radical (unpaired) electrons. The fourth-order valence-corrected chi connectivity index (χ4v) is 1.00. The van der Waals surface area contributed by atoms with Crippen molar-refractivity contribution in [3.8, 4) is 0 Å². The molecule has 0 spiro atoms. The first-order valence-corrected chi connectivity index (χ1v) is 3.35. The molecule has 0 aromatic carbocycles. The molecule has 8 nitrogen and oxygen atoms in total. The molecule has 0 aromatic rings. The van der Waals surface area contributed by atoms with Crippen LogP contribution in [0.2, 0.25) is 0 Å². The zero-order valence-electron chi connectivity index (χ0n) is 9.93. The minimum absolute atomic E-state index is 0. The van der Waals surface area contributed by atoms with E-state index >= 15 is 0 Å². The van der Waals surface area contributed by atoms with Crippen LogP contribution in [0.3, 0.4) is 0 Å². The van der Waals surface area contributed by atoms with E-state index in [2.05, 4.69) is 4.99 Å². The zero-order chi connectivity index (χ0) is 9.14. The average Bonchev–Trinajstić information content (AvgIpc) is 2.33. The summed E-state index contributed by atoms with van der Waals surface area (Å²) in [5, 5.41) is 16.9. The molecule has 11 heteroatoms. The fourth-order valence-electron chi connectivity index (χ4n) is 1.00. The first-order chi connectivity index (χ1) is 5.61. The van der Waals surface area contributed by atoms with Gasteiger partial charge < -0.3 is 26.1 Å². The maximum atomic E-state index is 10.4. The predicted molar refractivity (Wildman–Crippen MR) is 63.6 cm³/mol. The van der Waals surface area contributed by atoms with Gasteiger partial charge in [0.15, 0.2) is 0 Å². The van der Waals surface area contributed by atoms with Gasteiger partial charge in [0.1, 0.15) is 6.54 Å². The minimum Gasteiger partial charge on any atom is -0.480 e. The van der Waals surface area contributed by atoms with Gasteiger partial charge in [0.05, 0.1) is 6.54 Å². The SMILES string of the molecule is O.O.O=C(O)CN1CCN=C1C(=O)O.[Ca].[Na].[Na]. The Kier molecular flexibility index (Phi) is 28.7. The van der Waals surface area contributed by atoms with Crippen molar-refractivity contribution in [1.82, 2.24) is 4.90 Å². The number of carbonyl (C=O) groups is 2. The number of carboxylic acids is 2. The van der Waals surface area contributed by atoms with E-state index in [1.807, 2.05) is 0 Å². The summed E-state index contributed by atoms with van der Waals surface area (Å²) >= 11 is 0. The van der Waals surface area contributed by atoms with Gasteiger partial charge in [-0.1, -0.05) is 0 Å². The normalized spacial score (nSPS) is 11.3. The summed E-state index contributed by atoms with van der Waals surface area (Å²) in [6, 6.07) is 0. The molecule has 1 aliphatic heterocycles. The van der Waals surface area contributed by atoms with Crippen molar-refractivity contribution in [3.63, 3.8) is 0 Å². The Morgan fingerprint density at radius 2 is 1.71 bits per heavy atom. The molecule has 0 aromatic heterocycles. The van der Waals surface area contributed by atoms with Crippen molar-refractivity contribution >= 4 is 115 Å². The smallest absolute Gasteiger partial charge is 0.371 e. The Morgan fingerprint density at radius 3 is 2.06 bits per heavy atom. The zero-order valence-corrected chi connectivity index (χ0v) is 16.1. The van der Waals surface area contributed by atoms with Crippen molar-refractivity contribution in [3.05, 3.63) is 0 Å². The average molecular weight is 294 g/mol. The molecule has 1 rings (SSSR count). The summed E-state index contributed by atoms with van der Waals surface area (Å²) in [7, 11) is 0. The number of carboxylic acid groups (broad SMARTS) is 2. The Labute approximate surface area is 172 Å². The van der Waals surface area contributed by atoms with Crippen molar-refractivity contribution in [2.24, 2.45) is 4.99 Å². The van der Waals surface area contributed by atoms with Crippen LogP contribution < -0.4 is 0 Å². The van der Waals surface area contributed by atoms with Crippen LogP contribution in [0, 0.1) is 0 Å². The Balaban J connectivity index is -0.0000000960. The molecule has 0 fully saturated rings. The standard InChI is InChI=1S/C6H8N2O4.Ca.2Na.2H2O/c9-4(10)3-8-2-1-7-5(8)6(11)12;;;;;/h1-3H2,(H,9,10)(H,11,12);;;;2*1H2. The Bertz CT molecular complexity index is 265. The monoisotopic (exact) mass is 294 g/mol. The number of hydrogen-bond donors (Lipinski definition) is 2. The number of rotatable bonds is 3. The second kappa shape index (κ2) is 15.6. The maximum Gasteiger partial charge on any atom is 0.371 e. The van der Waals surface area contributed by atoms with Gasteiger partial charge in [0.2, 0.25) is 5.84 Å². The van der Waals surface area contributed by atoms with Crippen molar-refractivity contribution < 1.29 is 30.8 Å². The minimum atomic E-state index is -1.17. The summed E-state index contributed by atoms with van der Waals surface area (Å²) in [4.78, 5) is 25.5. The van der Waals surface area contributed by atoms with Gasteiger partial charge in [-0.25, -0.2) is 4.79 Å². The number of nitrogens with zero attached hydrogens (tertiary/aromatic N) is 2. The molecular formula is C6H12CaN2Na2O6. The first-order valence-electron chi connectivity index (χ1n) is 3.35. The molecule has 17 heavy (non-hydrogen) atoms. The Morgan fingerprint density at radius 1 is 1.24 bits per heavy atom. The third kappa shape index (κ3) is 11.1. The second-order valence-electron chi connectivity index (χ2n) is 2.33. The molecule has 1 aliphatic rings. The van der Waals surface area contributed by atoms with Gasteiger partial charge in [-0.05, 0) is 0 Å². The third-order valence-electron chi connectivity index (χ3n) is 1.45. The molecule has 0 amide bonds. The summed E-state index contributed by atoms with van der Waals surface area (Å²) in [5.41, 5.74) is 0. The van der Waals surface area contributed by atoms with Crippen molar-refractivity contribution in [2.75, 3.05) is 19.6 Å². The van der Waals surface area contributed by atoms with E-state index in [0.29, 0.717) is 13.1 Å². The van der Waals surface area contributed by atoms with E-state index in [4.69, 9.17) is 10.2 Å². The number of aliphatic imine (C=N–C) groups is 1. The molecule has 86 valence electrons. The molecule has 0 saturated carbocycles. The van der Waals surface area contributed by atoms with Gasteiger partial charge in [0, 0.05) is 103 Å². The van der Waals surface area contributed by atoms with Gasteiger partial charge in [0.25, 0.3) is 0 Å². The third-order valence-corrected chi connectivity index (χ3v) is 1.45. The van der Waals surface area contributed by atoms with Gasteiger partial charge >= 0.3 is 11.9 Å². The van der Waals surface area contributed by atoms with Crippen LogP contribution in [0.15, 0.2) is 4.99 Å². The molecule has 0 unspecified atom stereocenters. The van der Waals surface area contributed by atoms with Crippen LogP contribution in [0.25, 0.3) is 0 Å². The van der Waals surface area contributed by atoms with Crippen LogP contribution in [0.1, 0.15) is 0 Å². The molecule has 0 atom stereocenters. The summed E-state index contributed by atoms with van der Waals surface area (Å²) in [5.74, 6) is -2.38. The Hall–Kier alpha value is 1.59. The quantitative estimate of drug-likeness (QED) is 0.509. The van der Waals surface area contributed by atoms with Crippen molar-refractivity contribution in [1.29, 1.82) is 0 Å². The van der Waals surface area contributed by atoms with E-state index in [-0.39, 0.29) is 120 Å². The summed E-state index contributed by atoms with van der Waals surface area (Å²) in [6.07, 6.45) is 0. The number of aliphatic carboxylic acids is 2. The molecule has 1 heterocycles. The molecular weight excluding hydrogens is 282 g/mol. The summed E-state index contributed by atoms with van der Waals surface area (Å²) < 4.78 is 0. The first kappa shape index (κ1) is 31.1. The topological polar surface area (TPSA) is 153 Å². The van der Waals surface area contributed by atoms with Crippen LogP contribution in [0.5, 0.6) is 0 Å². The van der Waals surface area contributed by atoms with Crippen LogP contribution >= 0.6 is 0 Å². The van der Waals surface area contributed by atoms with E-state index < -0.39 is 11.9 Å². The second-order valence-corrected chi connectivity index (χ2v) is 2.33. The van der Waals surface area contributed by atoms with Gasteiger partial charge in [-0.15, -0.1) is 0 Å². The fraction of sp³-hybridized carbons (Fsp3) is 0.500. The van der Waals surface area contributed by atoms with E-state index in [0.717, 1.165) is 0 Å². The van der Waals surface area contributed by atoms with Crippen molar-refractivity contribution in [2.45, 2.75) is 0 Å². The van der Waals surface area contributed by atoms with E-state index in [1.54, 1.807) is 0 Å². The largest absolute Gasteiger partial charge is 0.480 e. The van der Waals surface area contributed by atoms with Gasteiger partial charge in [-0.3, -0.25) is 9.79 Å².